The Bertz CT molecular complexity index is 950. The van der Waals surface area contributed by atoms with E-state index in [1.165, 1.54) is 12.3 Å². The summed E-state index contributed by atoms with van der Waals surface area (Å²) in [7, 11) is 0. The van der Waals surface area contributed by atoms with Gasteiger partial charge in [-0.3, -0.25) is 19.6 Å². The van der Waals surface area contributed by atoms with Crippen LogP contribution in [0.2, 0.25) is 0 Å². The third kappa shape index (κ3) is 3.39. The molecule has 6 nitrogen and oxygen atoms in total. The first kappa shape index (κ1) is 18.2. The number of carbonyl (C=O) groups excluding carboxylic acids is 2. The second kappa shape index (κ2) is 6.61. The molecule has 6 rings (SSSR count). The number of nitrogens with one attached hydrogen (secondary N) is 2. The second-order valence-corrected chi connectivity index (χ2v) is 9.00. The van der Waals surface area contributed by atoms with Crippen molar-refractivity contribution in [1.82, 2.24) is 20.6 Å². The van der Waals surface area contributed by atoms with Gasteiger partial charge in [0.1, 0.15) is 17.2 Å². The predicted octanol–water partition coefficient (Wildman–Crippen LogP) is 2.87. The molecule has 4 fully saturated rings. The Balaban J connectivity index is 1.38. The van der Waals surface area contributed by atoms with Gasteiger partial charge in [-0.15, -0.1) is 0 Å². The lowest BCUT2D eigenvalue weighted by atomic mass is 9.49. The van der Waals surface area contributed by atoms with Crippen LogP contribution in [-0.2, 0) is 0 Å². The average molecular weight is 394 g/mol. The number of nitrogens with zero attached hydrogens (tertiary/aromatic N) is 2. The summed E-state index contributed by atoms with van der Waals surface area (Å²) in [6, 6.07) is 7.68. The molecule has 2 N–H and O–H groups in total. The monoisotopic (exact) mass is 394 g/mol. The lowest BCUT2D eigenvalue weighted by Gasteiger charge is -2.62. The van der Waals surface area contributed by atoms with E-state index in [0.717, 1.165) is 38.2 Å². The van der Waals surface area contributed by atoms with Crippen molar-refractivity contribution in [1.29, 1.82) is 0 Å². The third-order valence-electron chi connectivity index (χ3n) is 6.67. The van der Waals surface area contributed by atoms with E-state index in [1.54, 1.807) is 24.4 Å². The Hall–Kier alpha value is -2.83. The summed E-state index contributed by atoms with van der Waals surface area (Å²) in [4.78, 5) is 33.8. The maximum absolute atomic E-state index is 13.5. The summed E-state index contributed by atoms with van der Waals surface area (Å²) in [6.45, 7) is 0. The zero-order valence-electron chi connectivity index (χ0n) is 16.0. The number of hydrogen-bond donors (Lipinski definition) is 2. The molecule has 4 bridgehead atoms. The van der Waals surface area contributed by atoms with Crippen LogP contribution in [0.1, 0.15) is 59.5 Å². The van der Waals surface area contributed by atoms with Crippen LogP contribution < -0.4 is 10.6 Å². The molecule has 2 aromatic heterocycles. The first-order valence-corrected chi connectivity index (χ1v) is 10.1. The van der Waals surface area contributed by atoms with Gasteiger partial charge in [-0.25, -0.2) is 4.39 Å². The second-order valence-electron chi connectivity index (χ2n) is 9.00. The van der Waals surface area contributed by atoms with Crippen LogP contribution >= 0.6 is 0 Å². The van der Waals surface area contributed by atoms with E-state index in [-0.39, 0.29) is 28.6 Å². The fraction of sp³-hybridized carbons (Fsp3) is 0.455. The Morgan fingerprint density at radius 3 is 2.10 bits per heavy atom. The van der Waals surface area contributed by atoms with Crippen LogP contribution in [0, 0.1) is 17.7 Å². The van der Waals surface area contributed by atoms with Crippen molar-refractivity contribution in [2.75, 3.05) is 0 Å². The van der Waals surface area contributed by atoms with E-state index in [9.17, 15) is 14.0 Å². The van der Waals surface area contributed by atoms with Crippen molar-refractivity contribution in [3.63, 3.8) is 0 Å². The molecule has 4 aliphatic rings. The quantitative estimate of drug-likeness (QED) is 0.835. The minimum absolute atomic E-state index is 0.0901. The molecule has 0 aliphatic heterocycles. The van der Waals surface area contributed by atoms with Crippen molar-refractivity contribution >= 4 is 11.8 Å². The lowest BCUT2D eigenvalue weighted by molar-refractivity contribution is -0.0449. The van der Waals surface area contributed by atoms with Crippen molar-refractivity contribution in [3.05, 3.63) is 59.9 Å². The largest absolute Gasteiger partial charge is 0.345 e. The Morgan fingerprint density at radius 1 is 0.897 bits per heavy atom. The van der Waals surface area contributed by atoms with E-state index in [4.69, 9.17) is 0 Å². The molecule has 2 aromatic rings. The molecule has 0 spiro atoms. The zero-order valence-corrected chi connectivity index (χ0v) is 16.0. The van der Waals surface area contributed by atoms with E-state index in [0.29, 0.717) is 24.0 Å². The van der Waals surface area contributed by atoms with Crippen LogP contribution in [0.15, 0.2) is 42.7 Å². The maximum Gasteiger partial charge on any atom is 0.270 e. The highest BCUT2D eigenvalue weighted by Crippen LogP contribution is 2.57. The molecule has 29 heavy (non-hydrogen) atoms. The first-order valence-electron chi connectivity index (χ1n) is 10.1. The van der Waals surface area contributed by atoms with Crippen molar-refractivity contribution in [2.45, 2.75) is 49.6 Å². The normalized spacial score (nSPS) is 32.0. The van der Waals surface area contributed by atoms with Gasteiger partial charge in [-0.05, 0) is 68.6 Å². The molecule has 150 valence electrons. The van der Waals surface area contributed by atoms with Gasteiger partial charge in [-0.1, -0.05) is 6.07 Å². The third-order valence-corrected chi connectivity index (χ3v) is 6.67. The van der Waals surface area contributed by atoms with Crippen LogP contribution in [0.3, 0.4) is 0 Å². The van der Waals surface area contributed by atoms with Gasteiger partial charge in [0, 0.05) is 29.5 Å². The Morgan fingerprint density at radius 2 is 1.52 bits per heavy atom. The molecule has 2 amide bonds. The van der Waals surface area contributed by atoms with Gasteiger partial charge in [0.15, 0.2) is 0 Å². The zero-order chi connectivity index (χ0) is 20.1. The van der Waals surface area contributed by atoms with Gasteiger partial charge in [0.2, 0.25) is 0 Å². The number of rotatable bonds is 4. The van der Waals surface area contributed by atoms with Crippen LogP contribution in [-0.4, -0.2) is 32.9 Å². The minimum Gasteiger partial charge on any atom is -0.345 e. The number of hydrogen-bond acceptors (Lipinski definition) is 4. The van der Waals surface area contributed by atoms with Gasteiger partial charge in [0.25, 0.3) is 11.8 Å². The molecule has 0 radical (unpaired) electrons. The van der Waals surface area contributed by atoms with E-state index >= 15 is 0 Å². The minimum atomic E-state index is -0.477. The number of aromatic nitrogens is 2. The van der Waals surface area contributed by atoms with Crippen LogP contribution in [0.5, 0.6) is 0 Å². The summed E-state index contributed by atoms with van der Waals surface area (Å²) in [5.41, 5.74) is -0.217. The summed E-state index contributed by atoms with van der Waals surface area (Å²) < 4.78 is 13.5. The van der Waals surface area contributed by atoms with Crippen molar-refractivity contribution < 1.29 is 14.0 Å². The standard InChI is InChI=1S/C22H23FN4O2/c23-16-4-6-25-18(8-16)20(29)27-22-11-14-7-15(12-22)10-21(9-14,13-22)26-19(28)17-3-1-2-5-24-17/h1-6,8,14-15H,7,9-13H2,(H,26,28)(H,27,29). The van der Waals surface area contributed by atoms with Gasteiger partial charge in [-0.2, -0.15) is 0 Å². The van der Waals surface area contributed by atoms with Crippen molar-refractivity contribution in [2.24, 2.45) is 11.8 Å². The fourth-order valence-electron chi connectivity index (χ4n) is 6.19. The highest BCUT2D eigenvalue weighted by atomic mass is 19.1. The molecular formula is C22H23FN4O2. The maximum atomic E-state index is 13.5. The predicted molar refractivity (Wildman–Crippen MR) is 104 cm³/mol. The van der Waals surface area contributed by atoms with E-state index < -0.39 is 5.82 Å². The van der Waals surface area contributed by atoms with E-state index in [2.05, 4.69) is 20.6 Å². The van der Waals surface area contributed by atoms with Crippen LogP contribution in [0.4, 0.5) is 4.39 Å². The summed E-state index contributed by atoms with van der Waals surface area (Å²) in [5.74, 6) is -0.0738. The molecule has 4 aliphatic carbocycles. The highest BCUT2D eigenvalue weighted by Gasteiger charge is 2.58. The Labute approximate surface area is 168 Å². The lowest BCUT2D eigenvalue weighted by Crippen LogP contribution is -2.69. The molecule has 0 aromatic carbocycles. The number of halogens is 1. The average Bonchev–Trinajstić information content (AvgIpc) is 2.67. The molecule has 0 saturated heterocycles. The SMILES string of the molecule is O=C(NC12CC3CC(C1)CC(NC(=O)c1cc(F)ccn1)(C3)C2)c1ccccn1. The molecular weight excluding hydrogens is 371 g/mol. The van der Waals surface area contributed by atoms with Crippen LogP contribution in [0.25, 0.3) is 0 Å². The van der Waals surface area contributed by atoms with Gasteiger partial charge >= 0.3 is 0 Å². The fourth-order valence-corrected chi connectivity index (χ4v) is 6.19. The summed E-state index contributed by atoms with van der Waals surface area (Å²) in [6.07, 6.45) is 8.39. The number of amides is 2. The Kier molecular flexibility index (Phi) is 4.15. The van der Waals surface area contributed by atoms with Crippen molar-refractivity contribution in [3.8, 4) is 0 Å². The molecule has 2 heterocycles. The first-order chi connectivity index (χ1) is 13.9. The van der Waals surface area contributed by atoms with Gasteiger partial charge in [0.05, 0.1) is 0 Å². The molecule has 2 atom stereocenters. The summed E-state index contributed by atoms with van der Waals surface area (Å²) >= 11 is 0. The number of pyridine rings is 2. The molecule has 4 saturated carbocycles. The molecule has 2 unspecified atom stereocenters. The highest BCUT2D eigenvalue weighted by molar-refractivity contribution is 5.93. The van der Waals surface area contributed by atoms with Gasteiger partial charge < -0.3 is 10.6 Å². The van der Waals surface area contributed by atoms with E-state index in [1.807, 2.05) is 0 Å². The topological polar surface area (TPSA) is 84.0 Å². The smallest absolute Gasteiger partial charge is 0.270 e. The summed E-state index contributed by atoms with van der Waals surface area (Å²) in [5, 5.41) is 6.43. The molecule has 7 heteroatoms. The number of carbonyl (C=O) groups is 2.